The molecular weight excluding hydrogens is 581 g/mol. The van der Waals surface area contributed by atoms with Gasteiger partial charge in [-0.2, -0.15) is 13.2 Å². The molecule has 6 rings (SSSR count). The fourth-order valence-corrected chi connectivity index (χ4v) is 8.05. The largest absolute Gasteiger partial charge is 0.420 e. The Labute approximate surface area is 252 Å². The highest BCUT2D eigenvalue weighted by Gasteiger charge is 2.39. The van der Waals surface area contributed by atoms with Crippen LogP contribution in [0.2, 0.25) is 0 Å². The molecule has 2 fully saturated rings. The van der Waals surface area contributed by atoms with Gasteiger partial charge in [-0.1, -0.05) is 6.92 Å². The summed E-state index contributed by atoms with van der Waals surface area (Å²) in [5.41, 5.74) is 1.79. The Morgan fingerprint density at radius 1 is 1.12 bits per heavy atom. The van der Waals surface area contributed by atoms with Crippen molar-refractivity contribution >= 4 is 46.3 Å². The quantitative estimate of drug-likeness (QED) is 0.328. The number of anilines is 3. The van der Waals surface area contributed by atoms with E-state index in [0.29, 0.717) is 28.4 Å². The number of thiophene rings is 1. The fraction of sp³-hybridized carbons (Fsp3) is 0.500. The maximum Gasteiger partial charge on any atom is 0.420 e. The number of likely N-dealkylation sites (N-methyl/N-ethyl adjacent to an activating group) is 1. The molecule has 2 atom stereocenters. The summed E-state index contributed by atoms with van der Waals surface area (Å²) in [4.78, 5) is 29.9. The Balaban J connectivity index is 1.31. The summed E-state index contributed by atoms with van der Waals surface area (Å²) in [6.07, 6.45) is -1.10. The smallest absolute Gasteiger partial charge is 0.368 e. The van der Waals surface area contributed by atoms with Crippen molar-refractivity contribution in [2.24, 2.45) is 0 Å². The summed E-state index contributed by atoms with van der Waals surface area (Å²) in [5.74, 6) is 0.714. The number of nitrogens with one attached hydrogen (secondary N) is 1. The lowest BCUT2D eigenvalue weighted by molar-refractivity contribution is -0.137. The van der Waals surface area contributed by atoms with Crippen LogP contribution in [0.3, 0.4) is 0 Å². The Kier molecular flexibility index (Phi) is 7.90. The van der Waals surface area contributed by atoms with Gasteiger partial charge in [0.15, 0.2) is 0 Å². The second-order valence-electron chi connectivity index (χ2n) is 11.4. The number of carbonyl (C=O) groups excluding carboxylic acids is 1. The predicted molar refractivity (Wildman–Crippen MR) is 163 cm³/mol. The average Bonchev–Trinajstić information content (AvgIpc) is 3.73. The van der Waals surface area contributed by atoms with Gasteiger partial charge in [0.2, 0.25) is 5.95 Å². The molecule has 2 aliphatic heterocycles. The van der Waals surface area contributed by atoms with Gasteiger partial charge in [-0.3, -0.25) is 9.69 Å². The number of aryl methyl sites for hydroxylation is 1. The third-order valence-corrected chi connectivity index (χ3v) is 10.8. The monoisotopic (exact) mass is 616 g/mol. The zero-order valence-corrected chi connectivity index (χ0v) is 25.8. The molecule has 1 saturated heterocycles. The number of hydrogen-bond donors (Lipinski definition) is 1. The van der Waals surface area contributed by atoms with Crippen LogP contribution < -0.4 is 10.2 Å². The lowest BCUT2D eigenvalue weighted by Crippen LogP contribution is -2.55. The maximum atomic E-state index is 14.1. The van der Waals surface area contributed by atoms with Gasteiger partial charge >= 0.3 is 6.18 Å². The van der Waals surface area contributed by atoms with Crippen LogP contribution in [0.15, 0.2) is 35.4 Å². The van der Waals surface area contributed by atoms with Gasteiger partial charge in [0.1, 0.15) is 10.4 Å². The minimum Gasteiger partial charge on any atom is -0.368 e. The number of piperazine rings is 1. The first kappa shape index (κ1) is 29.3. The van der Waals surface area contributed by atoms with Crippen LogP contribution in [-0.2, 0) is 12.6 Å². The summed E-state index contributed by atoms with van der Waals surface area (Å²) in [6.45, 7) is 9.01. The van der Waals surface area contributed by atoms with E-state index in [-0.39, 0.29) is 23.6 Å². The average molecular weight is 617 g/mol. The fourth-order valence-electron chi connectivity index (χ4n) is 5.73. The zero-order valence-electron chi connectivity index (χ0n) is 24.2. The summed E-state index contributed by atoms with van der Waals surface area (Å²) in [5, 5.41) is 3.19. The molecule has 12 heteroatoms. The molecule has 3 aromatic rings. The van der Waals surface area contributed by atoms with E-state index in [2.05, 4.69) is 59.0 Å². The number of hydrogen-bond acceptors (Lipinski definition) is 8. The van der Waals surface area contributed by atoms with E-state index in [4.69, 9.17) is 0 Å². The molecule has 2 aromatic heterocycles. The van der Waals surface area contributed by atoms with Gasteiger partial charge in [0.05, 0.1) is 10.6 Å². The molecule has 0 radical (unpaired) electrons. The van der Waals surface area contributed by atoms with Gasteiger partial charge in [0.25, 0.3) is 5.91 Å². The van der Waals surface area contributed by atoms with Gasteiger partial charge in [-0.15, -0.1) is 23.1 Å². The third kappa shape index (κ3) is 5.72. The van der Waals surface area contributed by atoms with E-state index < -0.39 is 11.7 Å². The molecule has 1 aromatic carbocycles. The number of nitrogens with zero attached hydrogens (tertiary/aromatic N) is 5. The van der Waals surface area contributed by atoms with E-state index in [0.717, 1.165) is 77.5 Å². The third-order valence-electron chi connectivity index (χ3n) is 8.50. The zero-order chi connectivity index (χ0) is 29.8. The molecule has 0 bridgehead atoms. The number of carbonyl (C=O) groups is 1. The SMILES string of the molecule is CCc1cc(N2C[C@H](C)N(C)[C@@H](C)C2)ccc1Nc1ncc(C(F)(F)F)c(-c2cc3c(s2)C(=O)N(C2CC2)CCS3)n1. The number of rotatable bonds is 6. The maximum absolute atomic E-state index is 14.1. The van der Waals surface area contributed by atoms with Crippen molar-refractivity contribution in [3.8, 4) is 10.6 Å². The van der Waals surface area contributed by atoms with E-state index in [1.54, 1.807) is 6.07 Å². The Morgan fingerprint density at radius 2 is 1.86 bits per heavy atom. The molecular formula is C30H35F3N6OS2. The number of benzene rings is 1. The van der Waals surface area contributed by atoms with Gasteiger partial charge in [0, 0.05) is 66.0 Å². The van der Waals surface area contributed by atoms with Crippen molar-refractivity contribution in [3.05, 3.63) is 46.5 Å². The first-order valence-corrected chi connectivity index (χ1v) is 16.2. The van der Waals surface area contributed by atoms with Crippen LogP contribution in [0.25, 0.3) is 10.6 Å². The summed E-state index contributed by atoms with van der Waals surface area (Å²) >= 11 is 2.61. The second-order valence-corrected chi connectivity index (χ2v) is 13.6. The molecule has 1 saturated carbocycles. The Morgan fingerprint density at radius 3 is 2.52 bits per heavy atom. The minimum absolute atomic E-state index is 0.0875. The number of fused-ring (bicyclic) bond motifs is 1. The number of amides is 1. The van der Waals surface area contributed by atoms with Gasteiger partial charge in [-0.25, -0.2) is 9.97 Å². The van der Waals surface area contributed by atoms with Crippen LogP contribution in [0.1, 0.15) is 54.4 Å². The Bertz CT molecular complexity index is 1480. The normalized spacial score (nSPS) is 21.8. The van der Waals surface area contributed by atoms with Crippen molar-refractivity contribution in [2.45, 2.75) is 69.2 Å². The van der Waals surface area contributed by atoms with E-state index >= 15 is 0 Å². The summed E-state index contributed by atoms with van der Waals surface area (Å²) in [6, 6.07) is 8.92. The number of aromatic nitrogens is 2. The molecule has 7 nitrogen and oxygen atoms in total. The number of thioether (sulfide) groups is 1. The van der Waals surface area contributed by atoms with E-state index in [1.165, 1.54) is 11.8 Å². The Hall–Kier alpha value is -2.83. The van der Waals surface area contributed by atoms with Crippen molar-refractivity contribution in [1.29, 1.82) is 0 Å². The number of halogens is 3. The molecule has 1 N–H and O–H groups in total. The standard InChI is InChI=1S/C30H35F3N6OS2/c1-5-19-12-21(38-15-17(2)37(4)18(3)16-38)8-9-23(19)35-29-34-14-22(30(31,32)33)26(36-29)24-13-25-27(42-24)28(40)39(10-11-41-25)20-6-7-20/h8-9,12-14,17-18,20H,5-7,10-11,15-16H2,1-4H3,(H,34,35,36)/t17-,18-/m0/s1. The molecule has 42 heavy (non-hydrogen) atoms. The molecule has 0 spiro atoms. The first-order valence-electron chi connectivity index (χ1n) is 14.4. The van der Waals surface area contributed by atoms with Crippen molar-refractivity contribution in [2.75, 3.05) is 42.7 Å². The summed E-state index contributed by atoms with van der Waals surface area (Å²) < 4.78 is 42.4. The lowest BCUT2D eigenvalue weighted by Gasteiger charge is -2.43. The molecule has 0 unspecified atom stereocenters. The van der Waals surface area contributed by atoms with Crippen molar-refractivity contribution in [1.82, 2.24) is 19.8 Å². The highest BCUT2D eigenvalue weighted by molar-refractivity contribution is 7.99. The second kappa shape index (κ2) is 11.3. The van der Waals surface area contributed by atoms with E-state index in [1.807, 2.05) is 17.0 Å². The van der Waals surface area contributed by atoms with E-state index in [9.17, 15) is 18.0 Å². The van der Waals surface area contributed by atoms with Crippen molar-refractivity contribution in [3.63, 3.8) is 0 Å². The highest BCUT2D eigenvalue weighted by Crippen LogP contribution is 2.44. The van der Waals surface area contributed by atoms with Crippen molar-refractivity contribution < 1.29 is 18.0 Å². The van der Waals surface area contributed by atoms with Crippen LogP contribution in [0, 0.1) is 0 Å². The topological polar surface area (TPSA) is 64.6 Å². The molecule has 3 aliphatic rings. The molecule has 1 aliphatic carbocycles. The van der Waals surface area contributed by atoms with Gasteiger partial charge in [-0.05, 0) is 70.0 Å². The van der Waals surface area contributed by atoms with Crippen LogP contribution in [0.4, 0.5) is 30.5 Å². The van der Waals surface area contributed by atoms with Crippen LogP contribution >= 0.6 is 23.1 Å². The molecule has 1 amide bonds. The highest BCUT2D eigenvalue weighted by atomic mass is 32.2. The number of alkyl halides is 3. The van der Waals surface area contributed by atoms with Gasteiger partial charge < -0.3 is 15.1 Å². The molecule has 224 valence electrons. The van der Waals surface area contributed by atoms with Crippen LogP contribution in [0.5, 0.6) is 0 Å². The van der Waals surface area contributed by atoms with Crippen LogP contribution in [-0.4, -0.2) is 76.2 Å². The molecule has 4 heterocycles. The predicted octanol–water partition coefficient (Wildman–Crippen LogP) is 6.77. The first-order chi connectivity index (χ1) is 20.0. The lowest BCUT2D eigenvalue weighted by atomic mass is 10.1. The minimum atomic E-state index is -4.64. The summed E-state index contributed by atoms with van der Waals surface area (Å²) in [7, 11) is 2.15.